The maximum atomic E-state index is 11.3. The molecule has 0 aromatic carbocycles. The van der Waals surface area contributed by atoms with Gasteiger partial charge in [-0.15, -0.1) is 0 Å². The highest BCUT2D eigenvalue weighted by molar-refractivity contribution is 8.14. The largest absolute Gasteiger partial charge is 0.389 e. The summed E-state index contributed by atoms with van der Waals surface area (Å²) in [5.41, 5.74) is 5.37. The quantitative estimate of drug-likeness (QED) is 0.726. The summed E-state index contributed by atoms with van der Waals surface area (Å²) in [5, 5.41) is 0.321. The van der Waals surface area contributed by atoms with E-state index in [-0.39, 0.29) is 15.7 Å². The van der Waals surface area contributed by atoms with Crippen LogP contribution in [0, 0.1) is 0 Å². The molecule has 13 heavy (non-hydrogen) atoms. The first kappa shape index (κ1) is 10.3. The van der Waals surface area contributed by atoms with Gasteiger partial charge in [-0.05, 0) is 11.8 Å². The van der Waals surface area contributed by atoms with E-state index in [1.165, 1.54) is 6.08 Å². The van der Waals surface area contributed by atoms with E-state index in [1.807, 2.05) is 6.92 Å². The number of carbonyl (C=O) groups excluding carboxylic acids is 1. The van der Waals surface area contributed by atoms with Crippen molar-refractivity contribution in [1.29, 1.82) is 0 Å². The molecule has 4 nitrogen and oxygen atoms in total. The van der Waals surface area contributed by atoms with Crippen molar-refractivity contribution < 1.29 is 13.2 Å². The third-order valence-electron chi connectivity index (χ3n) is 1.48. The Labute approximate surface area is 80.8 Å². The van der Waals surface area contributed by atoms with Crippen LogP contribution in [-0.4, -0.2) is 19.3 Å². The van der Waals surface area contributed by atoms with Crippen LogP contribution in [-0.2, 0) is 14.6 Å². The van der Waals surface area contributed by atoms with E-state index in [9.17, 15) is 13.2 Å². The van der Waals surface area contributed by atoms with Gasteiger partial charge < -0.3 is 5.73 Å². The lowest BCUT2D eigenvalue weighted by molar-refractivity contribution is -0.107. The fourth-order valence-electron chi connectivity index (χ4n) is 0.844. The van der Waals surface area contributed by atoms with E-state index in [0.29, 0.717) is 5.75 Å². The summed E-state index contributed by atoms with van der Waals surface area (Å²) < 4.78 is 22.1. The van der Waals surface area contributed by atoms with E-state index in [1.54, 1.807) is 0 Å². The van der Waals surface area contributed by atoms with Gasteiger partial charge in [0.25, 0.3) is 0 Å². The predicted molar refractivity (Wildman–Crippen MR) is 52.4 cm³/mol. The molecule has 0 saturated carbocycles. The molecular formula is C7H9NO3S2. The fraction of sp³-hybridized carbons (Fsp3) is 0.286. The van der Waals surface area contributed by atoms with E-state index in [2.05, 4.69) is 0 Å². The second-order valence-corrected chi connectivity index (χ2v) is 5.38. The van der Waals surface area contributed by atoms with E-state index in [0.717, 1.165) is 17.2 Å². The molecule has 0 aliphatic carbocycles. The topological polar surface area (TPSA) is 77.2 Å². The van der Waals surface area contributed by atoms with Crippen molar-refractivity contribution in [3.05, 3.63) is 22.1 Å². The van der Waals surface area contributed by atoms with Crippen LogP contribution in [0.25, 0.3) is 0 Å². The van der Waals surface area contributed by atoms with Gasteiger partial charge >= 0.3 is 0 Å². The summed E-state index contributed by atoms with van der Waals surface area (Å²) in [4.78, 5) is 11.3. The van der Waals surface area contributed by atoms with E-state index >= 15 is 0 Å². The average molecular weight is 219 g/mol. The summed E-state index contributed by atoms with van der Waals surface area (Å²) in [6.45, 7) is 1.81. The standard InChI is InChI=1S/C7H9NO3S2/c1-2-12-7(9)5-3-4-13(10,11)6(5)8/h3-4H,2,8H2,1H3. The molecule has 0 bridgehead atoms. The third-order valence-corrected chi connectivity index (χ3v) is 3.58. The number of hydrogen-bond donors (Lipinski definition) is 1. The van der Waals surface area contributed by atoms with Crippen molar-refractivity contribution in [3.8, 4) is 0 Å². The number of nitrogens with two attached hydrogens (primary N) is 1. The van der Waals surface area contributed by atoms with Gasteiger partial charge in [0.1, 0.15) is 5.03 Å². The zero-order valence-corrected chi connectivity index (χ0v) is 8.61. The molecule has 0 aromatic rings. The number of carbonyl (C=O) groups is 1. The Kier molecular flexibility index (Phi) is 2.82. The van der Waals surface area contributed by atoms with Gasteiger partial charge in [0.15, 0.2) is 0 Å². The van der Waals surface area contributed by atoms with Gasteiger partial charge in [-0.2, -0.15) is 0 Å². The fourth-order valence-corrected chi connectivity index (χ4v) is 2.43. The maximum Gasteiger partial charge on any atom is 0.222 e. The molecule has 0 unspecified atom stereocenters. The molecule has 0 spiro atoms. The number of sulfone groups is 1. The van der Waals surface area contributed by atoms with Gasteiger partial charge in [0, 0.05) is 5.41 Å². The van der Waals surface area contributed by atoms with Crippen molar-refractivity contribution in [2.24, 2.45) is 5.73 Å². The van der Waals surface area contributed by atoms with Crippen LogP contribution >= 0.6 is 11.8 Å². The van der Waals surface area contributed by atoms with Crippen LogP contribution in [0.5, 0.6) is 0 Å². The normalized spacial score (nSPS) is 19.5. The summed E-state index contributed by atoms with van der Waals surface area (Å²) in [5.74, 6) is 0.601. The molecular weight excluding hydrogens is 210 g/mol. The molecule has 0 fully saturated rings. The SMILES string of the molecule is CCSC(=O)C1=C(N)S(=O)(=O)C=C1. The van der Waals surface area contributed by atoms with Gasteiger partial charge in [-0.3, -0.25) is 4.79 Å². The molecule has 0 aromatic heterocycles. The number of thioether (sulfide) groups is 1. The van der Waals surface area contributed by atoms with E-state index < -0.39 is 9.84 Å². The van der Waals surface area contributed by atoms with Crippen molar-refractivity contribution in [1.82, 2.24) is 0 Å². The van der Waals surface area contributed by atoms with Crippen LogP contribution < -0.4 is 5.73 Å². The lowest BCUT2D eigenvalue weighted by Gasteiger charge is -1.98. The van der Waals surface area contributed by atoms with Crippen molar-refractivity contribution >= 4 is 26.7 Å². The lowest BCUT2D eigenvalue weighted by atomic mass is 10.3. The van der Waals surface area contributed by atoms with Crippen LogP contribution in [0.1, 0.15) is 6.92 Å². The van der Waals surface area contributed by atoms with Crippen LogP contribution in [0.3, 0.4) is 0 Å². The van der Waals surface area contributed by atoms with Gasteiger partial charge in [-0.25, -0.2) is 8.42 Å². The van der Waals surface area contributed by atoms with Gasteiger partial charge in [0.05, 0.1) is 5.57 Å². The number of hydrogen-bond acceptors (Lipinski definition) is 5. The van der Waals surface area contributed by atoms with Gasteiger partial charge in [0.2, 0.25) is 15.0 Å². The van der Waals surface area contributed by atoms with Crippen LogP contribution in [0.2, 0.25) is 0 Å². The highest BCUT2D eigenvalue weighted by atomic mass is 32.2. The van der Waals surface area contributed by atoms with Gasteiger partial charge in [-0.1, -0.05) is 18.7 Å². The molecule has 1 heterocycles. The molecule has 1 rings (SSSR count). The summed E-state index contributed by atoms with van der Waals surface area (Å²) in [6, 6.07) is 0. The summed E-state index contributed by atoms with van der Waals surface area (Å²) in [6.07, 6.45) is 1.25. The van der Waals surface area contributed by atoms with Crippen LogP contribution in [0.4, 0.5) is 0 Å². The van der Waals surface area contributed by atoms with Crippen molar-refractivity contribution in [3.63, 3.8) is 0 Å². The molecule has 0 atom stereocenters. The summed E-state index contributed by atoms with van der Waals surface area (Å²) >= 11 is 1.04. The molecule has 0 amide bonds. The molecule has 72 valence electrons. The molecule has 0 saturated heterocycles. The molecule has 6 heteroatoms. The lowest BCUT2D eigenvalue weighted by Crippen LogP contribution is -2.10. The zero-order valence-electron chi connectivity index (χ0n) is 6.98. The third kappa shape index (κ3) is 1.94. The smallest absolute Gasteiger partial charge is 0.222 e. The van der Waals surface area contributed by atoms with E-state index in [4.69, 9.17) is 5.73 Å². The second kappa shape index (κ2) is 3.55. The first-order valence-electron chi connectivity index (χ1n) is 3.59. The Morgan fingerprint density at radius 3 is 2.62 bits per heavy atom. The number of allylic oxidation sites excluding steroid dienone is 1. The molecule has 2 N–H and O–H groups in total. The monoisotopic (exact) mass is 219 g/mol. The Hall–Kier alpha value is -0.750. The number of rotatable bonds is 2. The molecule has 0 radical (unpaired) electrons. The van der Waals surface area contributed by atoms with Crippen molar-refractivity contribution in [2.75, 3.05) is 5.75 Å². The van der Waals surface area contributed by atoms with Crippen molar-refractivity contribution in [2.45, 2.75) is 6.92 Å². The summed E-state index contributed by atoms with van der Waals surface area (Å²) in [7, 11) is -3.49. The highest BCUT2D eigenvalue weighted by Crippen LogP contribution is 2.23. The first-order valence-corrected chi connectivity index (χ1v) is 6.12. The first-order chi connectivity index (χ1) is 5.99. The predicted octanol–water partition coefficient (Wildman–Crippen LogP) is 0.379. The Morgan fingerprint density at radius 1 is 1.62 bits per heavy atom. The minimum absolute atomic E-state index is 0.0897. The van der Waals surface area contributed by atoms with Crippen LogP contribution in [0.15, 0.2) is 22.1 Å². The Morgan fingerprint density at radius 2 is 2.23 bits per heavy atom. The molecule has 1 aliphatic rings. The maximum absolute atomic E-state index is 11.3. The molecule has 1 aliphatic heterocycles. The minimum Gasteiger partial charge on any atom is -0.389 e. The minimum atomic E-state index is -3.49. The second-order valence-electron chi connectivity index (χ2n) is 2.35. The average Bonchev–Trinajstić information content (AvgIpc) is 2.28. The Bertz CT molecular complexity index is 392. The zero-order chi connectivity index (χ0) is 10.1. The Balaban J connectivity index is 3.03. The highest BCUT2D eigenvalue weighted by Gasteiger charge is 2.25.